The van der Waals surface area contributed by atoms with Crippen LogP contribution >= 0.6 is 0 Å². The first-order valence-electron chi connectivity index (χ1n) is 8.64. The van der Waals surface area contributed by atoms with E-state index in [0.717, 1.165) is 19.4 Å². The Bertz CT molecular complexity index is 826. The van der Waals surface area contributed by atoms with Gasteiger partial charge >= 0.3 is 0 Å². The van der Waals surface area contributed by atoms with E-state index < -0.39 is 0 Å². The largest absolute Gasteiger partial charge is 0.340 e. The van der Waals surface area contributed by atoms with Gasteiger partial charge < -0.3 is 9.42 Å². The number of likely N-dealkylation sites (tertiary alicyclic amines) is 1. The Morgan fingerprint density at radius 3 is 2.84 bits per heavy atom. The summed E-state index contributed by atoms with van der Waals surface area (Å²) in [5, 5.41) is 3.71. The molecule has 0 radical (unpaired) electrons. The summed E-state index contributed by atoms with van der Waals surface area (Å²) in [5.41, 5.74) is -0.0133. The number of aryl methyl sites for hydroxylation is 2. The second-order valence-electron chi connectivity index (χ2n) is 6.50. The lowest BCUT2D eigenvalue weighted by molar-refractivity contribution is -0.134. The lowest BCUT2D eigenvalue weighted by Crippen LogP contribution is -2.42. The molecule has 3 heterocycles. The van der Waals surface area contributed by atoms with Gasteiger partial charge in [0.25, 0.3) is 11.4 Å². The van der Waals surface area contributed by atoms with E-state index in [1.807, 2.05) is 4.90 Å². The lowest BCUT2D eigenvalue weighted by Gasteiger charge is -2.33. The first-order valence-corrected chi connectivity index (χ1v) is 8.64. The second kappa shape index (κ2) is 7.16. The Labute approximate surface area is 145 Å². The molecule has 1 unspecified atom stereocenters. The van der Waals surface area contributed by atoms with Gasteiger partial charge in [-0.05, 0) is 40.0 Å². The van der Waals surface area contributed by atoms with Crippen molar-refractivity contribution in [1.29, 1.82) is 0 Å². The van der Waals surface area contributed by atoms with Gasteiger partial charge in [-0.3, -0.25) is 14.2 Å². The predicted octanol–water partition coefficient (Wildman–Crippen LogP) is 1.70. The number of hydrogen-bond donors (Lipinski definition) is 0. The third-order valence-corrected chi connectivity index (χ3v) is 4.68. The van der Waals surface area contributed by atoms with E-state index in [4.69, 9.17) is 4.52 Å². The zero-order valence-corrected chi connectivity index (χ0v) is 14.9. The lowest BCUT2D eigenvalue weighted by atomic mass is 10.0. The molecule has 134 valence electrons. The molecule has 0 spiro atoms. The second-order valence-corrected chi connectivity index (χ2v) is 6.50. The van der Waals surface area contributed by atoms with Gasteiger partial charge in [-0.25, -0.2) is 4.98 Å². The molecule has 1 saturated heterocycles. The molecule has 0 saturated carbocycles. The highest BCUT2D eigenvalue weighted by atomic mass is 16.5. The maximum absolute atomic E-state index is 12.7. The van der Waals surface area contributed by atoms with Crippen LogP contribution in [-0.4, -0.2) is 43.1 Å². The van der Waals surface area contributed by atoms with Crippen molar-refractivity contribution in [2.24, 2.45) is 0 Å². The van der Waals surface area contributed by atoms with Gasteiger partial charge in [0.05, 0.1) is 0 Å². The minimum atomic E-state index is -0.268. The molecule has 2 aromatic heterocycles. The minimum absolute atomic E-state index is 0.0811. The molecule has 1 amide bonds. The van der Waals surface area contributed by atoms with E-state index in [2.05, 4.69) is 22.0 Å². The van der Waals surface area contributed by atoms with E-state index in [0.29, 0.717) is 18.2 Å². The maximum Gasteiger partial charge on any atom is 0.266 e. The molecule has 8 nitrogen and oxygen atoms in total. The zero-order valence-electron chi connectivity index (χ0n) is 14.9. The first-order chi connectivity index (χ1) is 12.0. The number of hydrogen-bond acceptors (Lipinski definition) is 6. The molecule has 3 rings (SSSR count). The third-order valence-electron chi connectivity index (χ3n) is 4.68. The zero-order chi connectivity index (χ0) is 18.0. The van der Waals surface area contributed by atoms with Gasteiger partial charge in [0.1, 0.15) is 11.4 Å². The SMILES string of the molecule is Cc1noc(-c2cnc(C)n(CCC(=O)N3CCCCC3C)c2=O)n1. The Morgan fingerprint density at radius 2 is 2.16 bits per heavy atom. The Hall–Kier alpha value is -2.51. The van der Waals surface area contributed by atoms with E-state index in [-0.39, 0.29) is 35.4 Å². The van der Waals surface area contributed by atoms with Crippen molar-refractivity contribution >= 4 is 5.91 Å². The van der Waals surface area contributed by atoms with Crippen LogP contribution in [0.3, 0.4) is 0 Å². The summed E-state index contributed by atoms with van der Waals surface area (Å²) in [4.78, 5) is 35.5. The highest BCUT2D eigenvalue weighted by Gasteiger charge is 2.23. The van der Waals surface area contributed by atoms with Gasteiger partial charge in [0.15, 0.2) is 5.82 Å². The fourth-order valence-electron chi connectivity index (χ4n) is 3.21. The van der Waals surface area contributed by atoms with Crippen molar-refractivity contribution in [1.82, 2.24) is 24.6 Å². The number of amides is 1. The van der Waals surface area contributed by atoms with Gasteiger partial charge in [-0.2, -0.15) is 4.98 Å². The number of piperidine rings is 1. The van der Waals surface area contributed by atoms with Crippen molar-refractivity contribution in [3.63, 3.8) is 0 Å². The third kappa shape index (κ3) is 3.62. The highest BCUT2D eigenvalue weighted by molar-refractivity contribution is 5.76. The van der Waals surface area contributed by atoms with E-state index in [1.165, 1.54) is 17.2 Å². The average Bonchev–Trinajstić information content (AvgIpc) is 3.01. The summed E-state index contributed by atoms with van der Waals surface area (Å²) in [6, 6.07) is 0.268. The Balaban J connectivity index is 1.78. The standard InChI is InChI=1S/C17H23N5O3/c1-11-6-4-5-8-21(11)15(23)7-9-22-13(3)18-10-14(17(22)24)16-19-12(2)20-25-16/h10-11H,4-9H2,1-3H3. The first kappa shape index (κ1) is 17.3. The van der Waals surface area contributed by atoms with Crippen molar-refractivity contribution < 1.29 is 9.32 Å². The van der Waals surface area contributed by atoms with Gasteiger partial charge in [-0.1, -0.05) is 5.16 Å². The van der Waals surface area contributed by atoms with Crippen LogP contribution in [0.2, 0.25) is 0 Å². The Morgan fingerprint density at radius 1 is 1.36 bits per heavy atom. The molecule has 8 heteroatoms. The van der Waals surface area contributed by atoms with Crippen molar-refractivity contribution in [3.8, 4) is 11.5 Å². The van der Waals surface area contributed by atoms with Crippen LogP contribution in [0.1, 0.15) is 44.3 Å². The van der Waals surface area contributed by atoms with Crippen LogP contribution < -0.4 is 5.56 Å². The van der Waals surface area contributed by atoms with Crippen LogP contribution in [-0.2, 0) is 11.3 Å². The van der Waals surface area contributed by atoms with E-state index in [9.17, 15) is 9.59 Å². The summed E-state index contributed by atoms with van der Waals surface area (Å²) < 4.78 is 6.57. The number of nitrogens with zero attached hydrogens (tertiary/aromatic N) is 5. The minimum Gasteiger partial charge on any atom is -0.340 e. The van der Waals surface area contributed by atoms with Crippen LogP contribution in [0.15, 0.2) is 15.5 Å². The van der Waals surface area contributed by atoms with Crippen LogP contribution in [0.5, 0.6) is 0 Å². The molecule has 0 aromatic carbocycles. The fourth-order valence-corrected chi connectivity index (χ4v) is 3.21. The van der Waals surface area contributed by atoms with Crippen LogP contribution in [0.4, 0.5) is 0 Å². The molecule has 25 heavy (non-hydrogen) atoms. The van der Waals surface area contributed by atoms with Gasteiger partial charge in [-0.15, -0.1) is 0 Å². The number of aromatic nitrogens is 4. The molecule has 1 aliphatic rings. The number of carbonyl (C=O) groups is 1. The number of carbonyl (C=O) groups excluding carboxylic acids is 1. The summed E-state index contributed by atoms with van der Waals surface area (Å²) in [6.45, 7) is 6.60. The fraction of sp³-hybridized carbons (Fsp3) is 0.588. The summed E-state index contributed by atoms with van der Waals surface area (Å²) in [6.07, 6.45) is 4.97. The molecule has 1 fully saturated rings. The van der Waals surface area contributed by atoms with Crippen molar-refractivity contribution in [2.75, 3.05) is 6.54 Å². The monoisotopic (exact) mass is 345 g/mol. The normalized spacial score (nSPS) is 17.7. The van der Waals surface area contributed by atoms with Gasteiger partial charge in [0.2, 0.25) is 5.91 Å². The van der Waals surface area contributed by atoms with E-state index >= 15 is 0 Å². The average molecular weight is 345 g/mol. The summed E-state index contributed by atoms with van der Waals surface area (Å²) in [5.74, 6) is 1.25. The highest BCUT2D eigenvalue weighted by Crippen LogP contribution is 2.17. The van der Waals surface area contributed by atoms with Crippen LogP contribution in [0, 0.1) is 13.8 Å². The Kier molecular flexibility index (Phi) is 4.96. The van der Waals surface area contributed by atoms with Crippen LogP contribution in [0.25, 0.3) is 11.5 Å². The molecular formula is C17H23N5O3. The summed E-state index contributed by atoms with van der Waals surface area (Å²) >= 11 is 0. The summed E-state index contributed by atoms with van der Waals surface area (Å²) in [7, 11) is 0. The number of rotatable bonds is 4. The molecule has 1 aliphatic heterocycles. The predicted molar refractivity (Wildman–Crippen MR) is 90.9 cm³/mol. The maximum atomic E-state index is 12.7. The molecule has 1 atom stereocenters. The van der Waals surface area contributed by atoms with Crippen molar-refractivity contribution in [3.05, 3.63) is 28.2 Å². The quantitative estimate of drug-likeness (QED) is 0.837. The molecule has 0 aliphatic carbocycles. The van der Waals surface area contributed by atoms with Gasteiger partial charge in [0, 0.05) is 31.7 Å². The smallest absolute Gasteiger partial charge is 0.266 e. The molecule has 0 bridgehead atoms. The van der Waals surface area contributed by atoms with E-state index in [1.54, 1.807) is 13.8 Å². The topological polar surface area (TPSA) is 94.1 Å². The molecule has 2 aromatic rings. The molecule has 0 N–H and O–H groups in total. The van der Waals surface area contributed by atoms with Crippen molar-refractivity contribution in [2.45, 2.75) is 59.0 Å². The molecular weight excluding hydrogens is 322 g/mol.